The van der Waals surface area contributed by atoms with Gasteiger partial charge in [0.1, 0.15) is 0 Å². The van der Waals surface area contributed by atoms with E-state index in [2.05, 4.69) is 20.4 Å². The van der Waals surface area contributed by atoms with Gasteiger partial charge in [-0.2, -0.15) is 9.97 Å². The summed E-state index contributed by atoms with van der Waals surface area (Å²) in [5.74, 6) is -0.161. The molecule has 0 saturated heterocycles. The molecule has 1 aliphatic rings. The molecular weight excluding hydrogens is 488 g/mol. The molecule has 36 heavy (non-hydrogen) atoms. The van der Waals surface area contributed by atoms with Gasteiger partial charge in [-0.25, -0.2) is 14.2 Å². The zero-order chi connectivity index (χ0) is 25.8. The average molecular weight is 513 g/mol. The third-order valence-corrected chi connectivity index (χ3v) is 5.92. The fourth-order valence-electron chi connectivity index (χ4n) is 3.74. The molecule has 0 aliphatic heterocycles. The quantitative estimate of drug-likeness (QED) is 0.451. The third kappa shape index (κ3) is 5.62. The minimum atomic E-state index is -0.760. The van der Waals surface area contributed by atoms with Gasteiger partial charge in [0.15, 0.2) is 0 Å². The number of aryl methyl sites for hydroxylation is 1. The number of halogens is 1. The first-order chi connectivity index (χ1) is 17.2. The summed E-state index contributed by atoms with van der Waals surface area (Å²) in [6.45, 7) is 3.28. The van der Waals surface area contributed by atoms with Crippen molar-refractivity contribution in [3.8, 4) is 0 Å². The monoisotopic (exact) mass is 512 g/mol. The van der Waals surface area contributed by atoms with E-state index in [1.54, 1.807) is 38.1 Å². The van der Waals surface area contributed by atoms with Crippen LogP contribution >= 0.6 is 11.6 Å². The van der Waals surface area contributed by atoms with E-state index in [1.165, 1.54) is 11.7 Å². The van der Waals surface area contributed by atoms with Crippen LogP contribution in [-0.4, -0.2) is 43.4 Å². The molecule has 11 nitrogen and oxygen atoms in total. The molecule has 0 saturated carbocycles. The van der Waals surface area contributed by atoms with Gasteiger partial charge in [-0.1, -0.05) is 54.0 Å². The fraction of sp³-hybridized carbons (Fsp3) is 0.333. The minimum Gasteiger partial charge on any atom is -0.469 e. The van der Waals surface area contributed by atoms with Gasteiger partial charge in [0.05, 0.1) is 25.6 Å². The molecule has 0 radical (unpaired) electrons. The number of nitrogens with zero attached hydrogens (tertiary/aromatic N) is 5. The van der Waals surface area contributed by atoms with Crippen molar-refractivity contribution in [1.29, 1.82) is 0 Å². The van der Waals surface area contributed by atoms with E-state index < -0.39 is 23.3 Å². The molecule has 2 atom stereocenters. The normalized spacial score (nSPS) is 15.9. The van der Waals surface area contributed by atoms with Crippen LogP contribution in [0.4, 0.5) is 5.95 Å². The Kier molecular flexibility index (Phi) is 7.49. The fourth-order valence-corrected chi connectivity index (χ4v) is 3.86. The Morgan fingerprint density at radius 3 is 2.61 bits per heavy atom. The van der Waals surface area contributed by atoms with Gasteiger partial charge in [-0.05, 0) is 24.1 Å². The number of carbonyl (C=O) groups is 1. The molecule has 4 rings (SSSR count). The Morgan fingerprint density at radius 2 is 2.00 bits per heavy atom. The lowest BCUT2D eigenvalue weighted by molar-refractivity contribution is -0.145. The standard InChI is InChI=1S/C24H25ClN6O5/c1-14(21(32)35-3)12-31-23(33)28-22(30(24(31)34)13-16-4-8-18(25)9-5-16)27-19-10-6-17(7-11-19)20-26-15(2)36-29-20/h4-10,14,19H,11-13H2,1-3H3,(H,27,28,33)/t14-,19?/m0/s1. The van der Waals surface area contributed by atoms with Gasteiger partial charge in [-0.15, -0.1) is 0 Å². The van der Waals surface area contributed by atoms with Crippen molar-refractivity contribution in [1.82, 2.24) is 24.3 Å². The second kappa shape index (κ2) is 10.7. The van der Waals surface area contributed by atoms with Crippen LogP contribution in [0.15, 0.2) is 56.6 Å². The van der Waals surface area contributed by atoms with Gasteiger partial charge in [-0.3, -0.25) is 9.36 Å². The summed E-state index contributed by atoms with van der Waals surface area (Å²) >= 11 is 6.00. The second-order valence-corrected chi connectivity index (χ2v) is 8.83. The topological polar surface area (TPSA) is 134 Å². The number of ether oxygens (including phenoxy) is 1. The van der Waals surface area contributed by atoms with Crippen LogP contribution in [0.5, 0.6) is 0 Å². The number of benzene rings is 1. The largest absolute Gasteiger partial charge is 0.469 e. The van der Waals surface area contributed by atoms with Crippen molar-refractivity contribution in [3.05, 3.63) is 85.8 Å². The average Bonchev–Trinajstić information content (AvgIpc) is 3.31. The SMILES string of the molecule is COC(=O)[C@@H](C)Cn1c(=O)nc(NC2C=CC(c3noc(C)n3)=CC2)n(Cc2ccc(Cl)cc2)c1=O. The van der Waals surface area contributed by atoms with Crippen LogP contribution in [-0.2, 0) is 22.6 Å². The van der Waals surface area contributed by atoms with Crippen LogP contribution in [0.1, 0.15) is 30.6 Å². The Balaban J connectivity index is 1.64. The number of rotatable bonds is 8. The lowest BCUT2D eigenvalue weighted by Crippen LogP contribution is -2.45. The number of hydrogen-bond donors (Lipinski definition) is 1. The molecule has 0 spiro atoms. The lowest BCUT2D eigenvalue weighted by atomic mass is 10.0. The maximum absolute atomic E-state index is 13.4. The molecule has 2 heterocycles. The zero-order valence-corrected chi connectivity index (χ0v) is 20.7. The molecule has 1 N–H and O–H groups in total. The van der Waals surface area contributed by atoms with Gasteiger partial charge >= 0.3 is 17.3 Å². The predicted molar refractivity (Wildman–Crippen MR) is 133 cm³/mol. The number of hydrogen-bond acceptors (Lipinski definition) is 9. The molecule has 1 aromatic carbocycles. The van der Waals surface area contributed by atoms with Crippen molar-refractivity contribution < 1.29 is 14.1 Å². The molecule has 188 valence electrons. The first-order valence-electron chi connectivity index (χ1n) is 11.2. The highest BCUT2D eigenvalue weighted by Gasteiger charge is 2.21. The van der Waals surface area contributed by atoms with Crippen LogP contribution in [0.2, 0.25) is 5.02 Å². The summed E-state index contributed by atoms with van der Waals surface area (Å²) in [6, 6.07) is 6.76. The molecule has 0 bridgehead atoms. The highest BCUT2D eigenvalue weighted by Crippen LogP contribution is 2.21. The van der Waals surface area contributed by atoms with Crippen LogP contribution < -0.4 is 16.7 Å². The van der Waals surface area contributed by atoms with E-state index in [-0.39, 0.29) is 25.1 Å². The first-order valence-corrected chi connectivity index (χ1v) is 11.6. The van der Waals surface area contributed by atoms with Crippen molar-refractivity contribution in [2.75, 3.05) is 12.4 Å². The van der Waals surface area contributed by atoms with Gasteiger partial charge in [0.2, 0.25) is 17.7 Å². The predicted octanol–water partition coefficient (Wildman–Crippen LogP) is 2.43. The van der Waals surface area contributed by atoms with E-state index in [9.17, 15) is 14.4 Å². The maximum atomic E-state index is 13.4. The Labute approximate surface area is 211 Å². The molecule has 0 fully saturated rings. The number of esters is 1. The van der Waals surface area contributed by atoms with E-state index in [4.69, 9.17) is 20.9 Å². The summed E-state index contributed by atoms with van der Waals surface area (Å²) in [5.41, 5.74) is 0.237. The van der Waals surface area contributed by atoms with Crippen LogP contribution in [0, 0.1) is 12.8 Å². The van der Waals surface area contributed by atoms with Crippen molar-refractivity contribution in [2.45, 2.75) is 39.4 Å². The summed E-state index contributed by atoms with van der Waals surface area (Å²) in [5, 5.41) is 7.66. The summed E-state index contributed by atoms with van der Waals surface area (Å²) in [4.78, 5) is 46.5. The number of aromatic nitrogens is 5. The molecule has 12 heteroatoms. The van der Waals surface area contributed by atoms with Crippen LogP contribution in [0.25, 0.3) is 5.57 Å². The van der Waals surface area contributed by atoms with Crippen molar-refractivity contribution >= 4 is 29.1 Å². The number of methoxy groups -OCH3 is 1. The zero-order valence-electron chi connectivity index (χ0n) is 20.0. The number of anilines is 1. The molecule has 1 aliphatic carbocycles. The van der Waals surface area contributed by atoms with Crippen molar-refractivity contribution in [2.24, 2.45) is 5.92 Å². The van der Waals surface area contributed by atoms with Gasteiger partial charge < -0.3 is 14.6 Å². The van der Waals surface area contributed by atoms with E-state index >= 15 is 0 Å². The summed E-state index contributed by atoms with van der Waals surface area (Å²) in [7, 11) is 1.25. The maximum Gasteiger partial charge on any atom is 0.354 e. The van der Waals surface area contributed by atoms with E-state index in [0.29, 0.717) is 23.2 Å². The lowest BCUT2D eigenvalue weighted by Gasteiger charge is -2.21. The van der Waals surface area contributed by atoms with Gasteiger partial charge in [0, 0.05) is 24.1 Å². The minimum absolute atomic E-state index is 0.115. The number of allylic oxidation sites excluding steroid dienone is 2. The highest BCUT2D eigenvalue weighted by molar-refractivity contribution is 6.30. The molecule has 1 unspecified atom stereocenters. The second-order valence-electron chi connectivity index (χ2n) is 8.39. The Hall–Kier alpha value is -3.99. The Morgan fingerprint density at radius 1 is 1.25 bits per heavy atom. The van der Waals surface area contributed by atoms with E-state index in [1.807, 2.05) is 18.2 Å². The first kappa shape index (κ1) is 25.1. The number of nitrogens with one attached hydrogen (secondary N) is 1. The molecule has 0 amide bonds. The third-order valence-electron chi connectivity index (χ3n) is 5.66. The summed E-state index contributed by atoms with van der Waals surface area (Å²) in [6.07, 6.45) is 6.19. The smallest absolute Gasteiger partial charge is 0.354 e. The molecule has 3 aromatic rings. The molecule has 2 aromatic heterocycles. The van der Waals surface area contributed by atoms with Crippen molar-refractivity contribution in [3.63, 3.8) is 0 Å². The molecular formula is C24H25ClN6O5. The highest BCUT2D eigenvalue weighted by atomic mass is 35.5. The van der Waals surface area contributed by atoms with E-state index in [0.717, 1.165) is 15.7 Å². The number of carbonyl (C=O) groups excluding carboxylic acids is 1. The Bertz CT molecular complexity index is 1440. The van der Waals surface area contributed by atoms with Gasteiger partial charge in [0.25, 0.3) is 0 Å². The van der Waals surface area contributed by atoms with Crippen LogP contribution in [0.3, 0.4) is 0 Å². The summed E-state index contributed by atoms with van der Waals surface area (Å²) < 4.78 is 12.1.